The van der Waals surface area contributed by atoms with Crippen molar-refractivity contribution in [3.8, 4) is 5.75 Å². The van der Waals surface area contributed by atoms with Gasteiger partial charge in [-0.2, -0.15) is 0 Å². The number of rotatable bonds is 5. The van der Waals surface area contributed by atoms with Crippen molar-refractivity contribution < 1.29 is 23.8 Å². The minimum atomic E-state index is -1.24. The van der Waals surface area contributed by atoms with Crippen molar-refractivity contribution in [1.82, 2.24) is 4.98 Å². The number of aromatic nitrogens is 1. The van der Waals surface area contributed by atoms with Gasteiger partial charge in [-0.1, -0.05) is 0 Å². The number of halogens is 1. The summed E-state index contributed by atoms with van der Waals surface area (Å²) in [6.07, 6.45) is 0.00851. The van der Waals surface area contributed by atoms with Gasteiger partial charge >= 0.3 is 5.97 Å². The number of nitrogens with one attached hydrogen (secondary N) is 2. The molecular weight excluding hydrogens is 339 g/mol. The lowest BCUT2D eigenvalue weighted by Crippen LogP contribution is -2.17. The van der Waals surface area contributed by atoms with Gasteiger partial charge in [-0.15, -0.1) is 0 Å². The summed E-state index contributed by atoms with van der Waals surface area (Å²) < 4.78 is 18.7. The summed E-state index contributed by atoms with van der Waals surface area (Å²) in [7, 11) is 1.56. The molecule has 3 rings (SSSR count). The molecule has 0 aliphatic heterocycles. The lowest BCUT2D eigenvalue weighted by molar-refractivity contribution is -0.115. The number of hydrogen-bond acceptors (Lipinski definition) is 3. The van der Waals surface area contributed by atoms with E-state index in [-0.39, 0.29) is 17.7 Å². The van der Waals surface area contributed by atoms with E-state index in [9.17, 15) is 19.1 Å². The van der Waals surface area contributed by atoms with Crippen molar-refractivity contribution in [1.29, 1.82) is 0 Å². The first-order valence-corrected chi connectivity index (χ1v) is 7.87. The van der Waals surface area contributed by atoms with Gasteiger partial charge in [0.15, 0.2) is 0 Å². The maximum Gasteiger partial charge on any atom is 0.337 e. The van der Waals surface area contributed by atoms with Gasteiger partial charge < -0.3 is 20.1 Å². The Morgan fingerprint density at radius 2 is 2.00 bits per heavy atom. The molecule has 0 radical (unpaired) electrons. The van der Waals surface area contributed by atoms with Crippen LogP contribution in [-0.4, -0.2) is 29.1 Å². The maximum atomic E-state index is 13.4. The van der Waals surface area contributed by atoms with Crippen LogP contribution < -0.4 is 10.1 Å². The number of carboxylic acid groups (broad SMARTS) is 1. The fourth-order valence-corrected chi connectivity index (χ4v) is 2.88. The van der Waals surface area contributed by atoms with Crippen LogP contribution in [0, 0.1) is 12.7 Å². The van der Waals surface area contributed by atoms with Gasteiger partial charge in [-0.25, -0.2) is 9.18 Å². The van der Waals surface area contributed by atoms with Crippen LogP contribution in [0.4, 0.5) is 10.1 Å². The van der Waals surface area contributed by atoms with Gasteiger partial charge in [0, 0.05) is 16.6 Å². The molecule has 0 fully saturated rings. The van der Waals surface area contributed by atoms with Crippen LogP contribution in [0.15, 0.2) is 36.4 Å². The molecule has 6 nitrogen and oxygen atoms in total. The summed E-state index contributed by atoms with van der Waals surface area (Å²) in [5, 5.41) is 12.5. The molecular formula is C19H17FN2O4. The highest BCUT2D eigenvalue weighted by Gasteiger charge is 2.17. The zero-order valence-corrected chi connectivity index (χ0v) is 14.2. The zero-order valence-electron chi connectivity index (χ0n) is 14.2. The Morgan fingerprint density at radius 3 is 2.69 bits per heavy atom. The third kappa shape index (κ3) is 3.37. The summed E-state index contributed by atoms with van der Waals surface area (Å²) in [5.41, 5.74) is 2.21. The van der Waals surface area contributed by atoms with E-state index in [2.05, 4.69) is 10.3 Å². The second kappa shape index (κ2) is 6.87. The molecule has 0 saturated carbocycles. The summed E-state index contributed by atoms with van der Waals surface area (Å²) in [4.78, 5) is 26.9. The molecule has 134 valence electrons. The first-order chi connectivity index (χ1) is 12.4. The number of aryl methyl sites for hydroxylation is 1. The highest BCUT2D eigenvalue weighted by molar-refractivity contribution is 6.02. The number of hydrogen-bond donors (Lipinski definition) is 3. The maximum absolute atomic E-state index is 13.4. The first kappa shape index (κ1) is 17.5. The molecule has 0 aliphatic carbocycles. The minimum Gasteiger partial charge on any atom is -0.497 e. The van der Waals surface area contributed by atoms with Crippen LogP contribution >= 0.6 is 0 Å². The normalized spacial score (nSPS) is 10.7. The number of amides is 1. The number of ether oxygens (including phenoxy) is 1. The van der Waals surface area contributed by atoms with Crippen LogP contribution in [-0.2, 0) is 11.2 Å². The molecule has 2 aromatic carbocycles. The number of anilines is 1. The Balaban J connectivity index is 1.90. The third-order valence-corrected chi connectivity index (χ3v) is 4.15. The molecule has 0 spiro atoms. The standard InChI is InChI=1S/C19H17FN2O4/c1-10-14(15-8-12(26-2)4-6-16(15)21-10)9-18(23)22-17-7-11(20)3-5-13(17)19(24)25/h3-8,21H,9H2,1-2H3,(H,22,23)(H,24,25). The van der Waals surface area contributed by atoms with Crippen molar-refractivity contribution in [3.63, 3.8) is 0 Å². The fourth-order valence-electron chi connectivity index (χ4n) is 2.88. The molecule has 1 aromatic heterocycles. The number of carboxylic acids is 1. The number of carbonyl (C=O) groups is 2. The highest BCUT2D eigenvalue weighted by Crippen LogP contribution is 2.27. The molecule has 3 aromatic rings. The van der Waals surface area contributed by atoms with E-state index < -0.39 is 17.7 Å². The van der Waals surface area contributed by atoms with Gasteiger partial charge in [0.05, 0.1) is 24.8 Å². The Hall–Kier alpha value is -3.35. The molecule has 0 unspecified atom stereocenters. The predicted molar refractivity (Wildman–Crippen MR) is 95.3 cm³/mol. The first-order valence-electron chi connectivity index (χ1n) is 7.87. The summed E-state index contributed by atoms with van der Waals surface area (Å²) in [6, 6.07) is 8.65. The second-order valence-electron chi connectivity index (χ2n) is 5.86. The smallest absolute Gasteiger partial charge is 0.337 e. The van der Waals surface area contributed by atoms with E-state index >= 15 is 0 Å². The topological polar surface area (TPSA) is 91.4 Å². The monoisotopic (exact) mass is 356 g/mol. The number of aromatic carboxylic acids is 1. The Morgan fingerprint density at radius 1 is 1.23 bits per heavy atom. The lowest BCUT2D eigenvalue weighted by Gasteiger charge is -2.09. The molecule has 0 saturated heterocycles. The lowest BCUT2D eigenvalue weighted by atomic mass is 10.1. The number of fused-ring (bicyclic) bond motifs is 1. The molecule has 0 atom stereocenters. The summed E-state index contributed by atoms with van der Waals surface area (Å²) in [5.74, 6) is -1.65. The van der Waals surface area contributed by atoms with Gasteiger partial charge in [-0.05, 0) is 48.9 Å². The largest absolute Gasteiger partial charge is 0.497 e. The molecule has 1 heterocycles. The average molecular weight is 356 g/mol. The molecule has 7 heteroatoms. The van der Waals surface area contributed by atoms with E-state index in [0.29, 0.717) is 5.75 Å². The van der Waals surface area contributed by atoms with Crippen molar-refractivity contribution in [3.05, 3.63) is 59.0 Å². The van der Waals surface area contributed by atoms with E-state index in [4.69, 9.17) is 4.74 Å². The Bertz CT molecular complexity index is 1010. The van der Waals surface area contributed by atoms with Crippen LogP contribution in [0.2, 0.25) is 0 Å². The minimum absolute atomic E-state index is 0.00851. The fraction of sp³-hybridized carbons (Fsp3) is 0.158. The van der Waals surface area contributed by atoms with Gasteiger partial charge in [0.2, 0.25) is 5.91 Å². The van der Waals surface area contributed by atoms with E-state index in [0.717, 1.165) is 40.4 Å². The number of aromatic amines is 1. The van der Waals surface area contributed by atoms with Gasteiger partial charge in [-0.3, -0.25) is 4.79 Å². The number of carbonyl (C=O) groups excluding carboxylic acids is 1. The van der Waals surface area contributed by atoms with Crippen LogP contribution in [0.5, 0.6) is 5.75 Å². The van der Waals surface area contributed by atoms with Crippen LogP contribution in [0.3, 0.4) is 0 Å². The average Bonchev–Trinajstić information content (AvgIpc) is 2.89. The van der Waals surface area contributed by atoms with Crippen molar-refractivity contribution in [2.45, 2.75) is 13.3 Å². The quantitative estimate of drug-likeness (QED) is 0.652. The molecule has 3 N–H and O–H groups in total. The highest BCUT2D eigenvalue weighted by atomic mass is 19.1. The molecule has 26 heavy (non-hydrogen) atoms. The zero-order chi connectivity index (χ0) is 18.8. The van der Waals surface area contributed by atoms with E-state index in [1.54, 1.807) is 7.11 Å². The van der Waals surface area contributed by atoms with Gasteiger partial charge in [0.1, 0.15) is 11.6 Å². The van der Waals surface area contributed by atoms with Crippen molar-refractivity contribution in [2.24, 2.45) is 0 Å². The van der Waals surface area contributed by atoms with Crippen LogP contribution in [0.1, 0.15) is 21.6 Å². The van der Waals surface area contributed by atoms with E-state index in [1.807, 2.05) is 25.1 Å². The van der Waals surface area contributed by atoms with Crippen molar-refractivity contribution in [2.75, 3.05) is 12.4 Å². The Labute approximate surface area is 148 Å². The SMILES string of the molecule is COc1ccc2[nH]c(C)c(CC(=O)Nc3cc(F)ccc3C(=O)O)c2c1. The summed E-state index contributed by atoms with van der Waals surface area (Å²) >= 11 is 0. The number of benzene rings is 2. The van der Waals surface area contributed by atoms with Crippen molar-refractivity contribution >= 4 is 28.5 Å². The predicted octanol–water partition coefficient (Wildman–Crippen LogP) is 3.50. The second-order valence-corrected chi connectivity index (χ2v) is 5.86. The molecule has 1 amide bonds. The number of methoxy groups -OCH3 is 1. The van der Waals surface area contributed by atoms with Gasteiger partial charge in [0.25, 0.3) is 0 Å². The third-order valence-electron chi connectivity index (χ3n) is 4.15. The van der Waals surface area contributed by atoms with E-state index in [1.165, 1.54) is 0 Å². The number of H-pyrrole nitrogens is 1. The Kier molecular flexibility index (Phi) is 4.62. The molecule has 0 aliphatic rings. The van der Waals surface area contributed by atoms with Crippen LogP contribution in [0.25, 0.3) is 10.9 Å². The summed E-state index contributed by atoms with van der Waals surface area (Å²) in [6.45, 7) is 1.85. The molecule has 0 bridgehead atoms.